The van der Waals surface area contributed by atoms with Gasteiger partial charge in [-0.15, -0.1) is 6.42 Å². The van der Waals surface area contributed by atoms with Crippen LogP contribution in [0.2, 0.25) is 0 Å². The van der Waals surface area contributed by atoms with Gasteiger partial charge in [0.2, 0.25) is 0 Å². The van der Waals surface area contributed by atoms with E-state index in [0.717, 1.165) is 12.8 Å². The van der Waals surface area contributed by atoms with Gasteiger partial charge in [0.05, 0.1) is 12.2 Å². The van der Waals surface area contributed by atoms with Crippen LogP contribution in [0.25, 0.3) is 0 Å². The molecule has 2 nitrogen and oxygen atoms in total. The molecule has 0 amide bonds. The van der Waals surface area contributed by atoms with Crippen molar-refractivity contribution in [2.24, 2.45) is 0 Å². The van der Waals surface area contributed by atoms with E-state index in [1.807, 2.05) is 12.2 Å². The molecule has 2 N–H and O–H groups in total. The van der Waals surface area contributed by atoms with Crippen LogP contribution < -0.4 is 0 Å². The molecular formula is C15H22O2. The Balaban J connectivity index is 3.77. The molecule has 0 unspecified atom stereocenters. The summed E-state index contributed by atoms with van der Waals surface area (Å²) >= 11 is 0. The largest absolute Gasteiger partial charge is 0.390 e. The Hall–Kier alpha value is -1.30. The lowest BCUT2D eigenvalue weighted by Gasteiger charge is -2.13. The van der Waals surface area contributed by atoms with Gasteiger partial charge in [0.25, 0.3) is 0 Å². The second-order valence-corrected chi connectivity index (χ2v) is 3.76. The van der Waals surface area contributed by atoms with Crippen molar-refractivity contribution in [3.8, 4) is 12.3 Å². The first-order chi connectivity index (χ1) is 8.22. The molecule has 0 spiro atoms. The first kappa shape index (κ1) is 15.7. The van der Waals surface area contributed by atoms with Gasteiger partial charge >= 0.3 is 0 Å². The van der Waals surface area contributed by atoms with E-state index in [4.69, 9.17) is 6.42 Å². The molecule has 0 aromatic carbocycles. The van der Waals surface area contributed by atoms with Gasteiger partial charge in [0.1, 0.15) is 0 Å². The van der Waals surface area contributed by atoms with Crippen LogP contribution >= 0.6 is 0 Å². The smallest absolute Gasteiger partial charge is 0.0836 e. The van der Waals surface area contributed by atoms with Crippen molar-refractivity contribution in [2.75, 3.05) is 0 Å². The van der Waals surface area contributed by atoms with Crippen LogP contribution in [0.15, 0.2) is 36.5 Å². The second-order valence-electron chi connectivity index (χ2n) is 3.76. The monoisotopic (exact) mass is 234 g/mol. The number of aliphatic hydroxyl groups is 2. The minimum Gasteiger partial charge on any atom is -0.390 e. The fourth-order valence-electron chi connectivity index (χ4n) is 1.26. The Kier molecular flexibility index (Phi) is 10.3. The molecule has 17 heavy (non-hydrogen) atoms. The summed E-state index contributed by atoms with van der Waals surface area (Å²) < 4.78 is 0. The minimum atomic E-state index is -0.754. The lowest BCUT2D eigenvalue weighted by atomic mass is 10.1. The molecule has 0 radical (unpaired) electrons. The molecule has 2 heteroatoms. The average Bonchev–Trinajstić information content (AvgIpc) is 2.33. The second kappa shape index (κ2) is 11.2. The lowest BCUT2D eigenvalue weighted by molar-refractivity contribution is 0.0238. The Morgan fingerprint density at radius 3 is 2.18 bits per heavy atom. The van der Waals surface area contributed by atoms with Gasteiger partial charge < -0.3 is 10.2 Å². The summed E-state index contributed by atoms with van der Waals surface area (Å²) in [6.07, 6.45) is 17.6. The van der Waals surface area contributed by atoms with Gasteiger partial charge in [-0.2, -0.15) is 0 Å². The number of aliphatic hydroxyl groups excluding tert-OH is 2. The zero-order valence-electron chi connectivity index (χ0n) is 10.4. The summed E-state index contributed by atoms with van der Waals surface area (Å²) in [4.78, 5) is 0. The van der Waals surface area contributed by atoms with Crippen molar-refractivity contribution in [3.63, 3.8) is 0 Å². The Morgan fingerprint density at radius 2 is 1.59 bits per heavy atom. The van der Waals surface area contributed by atoms with E-state index in [2.05, 4.69) is 25.0 Å². The van der Waals surface area contributed by atoms with Crippen molar-refractivity contribution >= 4 is 0 Å². The summed E-state index contributed by atoms with van der Waals surface area (Å²) in [7, 11) is 0. The molecule has 0 saturated carbocycles. The van der Waals surface area contributed by atoms with E-state index in [1.165, 1.54) is 6.08 Å². The molecule has 0 aromatic rings. The van der Waals surface area contributed by atoms with Crippen LogP contribution in [0.1, 0.15) is 32.6 Å². The van der Waals surface area contributed by atoms with E-state index in [0.29, 0.717) is 12.8 Å². The minimum absolute atomic E-state index is 0.384. The Morgan fingerprint density at radius 1 is 1.00 bits per heavy atom. The molecule has 0 aliphatic rings. The summed E-state index contributed by atoms with van der Waals surface area (Å²) in [5.41, 5.74) is 0. The van der Waals surface area contributed by atoms with E-state index >= 15 is 0 Å². The van der Waals surface area contributed by atoms with Gasteiger partial charge in [-0.3, -0.25) is 0 Å². The highest BCUT2D eigenvalue weighted by molar-refractivity contribution is 5.09. The number of allylic oxidation sites excluding steroid dienone is 4. The number of rotatable bonds is 8. The predicted octanol–water partition coefficient (Wildman–Crippen LogP) is 2.59. The topological polar surface area (TPSA) is 40.5 Å². The average molecular weight is 234 g/mol. The number of hydrogen-bond donors (Lipinski definition) is 2. The molecule has 0 saturated heterocycles. The third-order valence-electron chi connectivity index (χ3n) is 2.25. The van der Waals surface area contributed by atoms with Gasteiger partial charge in [0.15, 0.2) is 0 Å². The summed E-state index contributed by atoms with van der Waals surface area (Å²) in [6, 6.07) is 0. The maximum Gasteiger partial charge on any atom is 0.0836 e. The van der Waals surface area contributed by atoms with Crippen LogP contribution in [0.4, 0.5) is 0 Å². The molecule has 0 heterocycles. The number of hydrogen-bond acceptors (Lipinski definition) is 2. The van der Waals surface area contributed by atoms with Crippen molar-refractivity contribution < 1.29 is 10.2 Å². The van der Waals surface area contributed by atoms with Gasteiger partial charge in [-0.05, 0) is 31.8 Å². The molecule has 0 aliphatic heterocycles. The van der Waals surface area contributed by atoms with Crippen molar-refractivity contribution in [1.82, 2.24) is 0 Å². The maximum absolute atomic E-state index is 9.61. The Labute approximate surface area is 104 Å². The molecule has 0 aliphatic carbocycles. The fraction of sp³-hybridized carbons (Fsp3) is 0.467. The molecule has 2 atom stereocenters. The van der Waals surface area contributed by atoms with Gasteiger partial charge in [0, 0.05) is 0 Å². The summed E-state index contributed by atoms with van der Waals surface area (Å²) in [5, 5.41) is 19.2. The highest BCUT2D eigenvalue weighted by Crippen LogP contribution is 2.05. The van der Waals surface area contributed by atoms with Crippen LogP contribution in [-0.4, -0.2) is 22.4 Å². The maximum atomic E-state index is 9.61. The molecule has 0 rings (SSSR count). The molecule has 0 bridgehead atoms. The van der Waals surface area contributed by atoms with E-state index < -0.39 is 12.2 Å². The summed E-state index contributed by atoms with van der Waals surface area (Å²) in [5.74, 6) is 2.34. The molecule has 0 aromatic heterocycles. The highest BCUT2D eigenvalue weighted by Gasteiger charge is 2.12. The van der Waals surface area contributed by atoms with Crippen LogP contribution in [-0.2, 0) is 0 Å². The zero-order valence-corrected chi connectivity index (χ0v) is 10.4. The number of terminal acetylenes is 1. The standard InChI is InChI=1S/C15H22O2/c1-3-5-7-8-9-11-13-15(17)14(16)12-10-6-4-2/h2,5-7,9-11,14-17H,3,8,12-13H2,1H3/b7-5-,10-6+,11-9-/t14-,15-/m1/s1. The van der Waals surface area contributed by atoms with Gasteiger partial charge in [-0.1, -0.05) is 43.2 Å². The van der Waals surface area contributed by atoms with Crippen LogP contribution in [0, 0.1) is 12.3 Å². The summed E-state index contributed by atoms with van der Waals surface area (Å²) in [6.45, 7) is 2.09. The van der Waals surface area contributed by atoms with E-state index in [9.17, 15) is 10.2 Å². The predicted molar refractivity (Wildman–Crippen MR) is 72.4 cm³/mol. The highest BCUT2D eigenvalue weighted by atomic mass is 16.3. The molecule has 94 valence electrons. The molecular weight excluding hydrogens is 212 g/mol. The fourth-order valence-corrected chi connectivity index (χ4v) is 1.26. The van der Waals surface area contributed by atoms with Crippen molar-refractivity contribution in [1.29, 1.82) is 0 Å². The molecule has 0 fully saturated rings. The SMILES string of the molecule is C#C/C=C/C[C@@H](O)[C@H](O)C/C=C\C/C=C\CC. The van der Waals surface area contributed by atoms with Crippen LogP contribution in [0.3, 0.4) is 0 Å². The lowest BCUT2D eigenvalue weighted by Crippen LogP contribution is -2.24. The van der Waals surface area contributed by atoms with E-state index in [-0.39, 0.29) is 0 Å². The van der Waals surface area contributed by atoms with Gasteiger partial charge in [-0.25, -0.2) is 0 Å². The van der Waals surface area contributed by atoms with Crippen LogP contribution in [0.5, 0.6) is 0 Å². The van der Waals surface area contributed by atoms with Crippen molar-refractivity contribution in [3.05, 3.63) is 36.5 Å². The van der Waals surface area contributed by atoms with Crippen molar-refractivity contribution in [2.45, 2.75) is 44.8 Å². The quantitative estimate of drug-likeness (QED) is 0.500. The third-order valence-corrected chi connectivity index (χ3v) is 2.25. The first-order valence-electron chi connectivity index (χ1n) is 5.99. The van der Waals surface area contributed by atoms with E-state index in [1.54, 1.807) is 6.08 Å². The Bertz CT molecular complexity index is 295. The third kappa shape index (κ3) is 9.62. The zero-order chi connectivity index (χ0) is 12.9. The normalized spacial score (nSPS) is 15.6. The first-order valence-corrected chi connectivity index (χ1v) is 5.99.